The first-order valence-corrected chi connectivity index (χ1v) is 6.41. The molecule has 0 aliphatic rings. The summed E-state index contributed by atoms with van der Waals surface area (Å²) < 4.78 is 0. The number of likely N-dealkylation sites (N-methyl/N-ethyl adjacent to an activating group) is 1. The second-order valence-corrected chi connectivity index (χ2v) is 3.62. The van der Waals surface area contributed by atoms with Crippen LogP contribution in [0, 0.1) is 0 Å². The van der Waals surface area contributed by atoms with Crippen molar-refractivity contribution in [2.24, 2.45) is 5.73 Å². The summed E-state index contributed by atoms with van der Waals surface area (Å²) in [7, 11) is 0. The Morgan fingerprint density at radius 3 is 1.26 bits per heavy atom. The van der Waals surface area contributed by atoms with E-state index in [-0.39, 0.29) is 168 Å². The molecule has 0 heterocycles. The molecule has 132 valence electrons. The molecule has 0 bridgehead atoms. The van der Waals surface area contributed by atoms with Crippen molar-refractivity contribution in [2.45, 2.75) is 32.9 Å². The number of carboxylic acid groups (broad SMARTS) is 3. The van der Waals surface area contributed by atoms with Gasteiger partial charge >= 0.3 is 148 Å². The van der Waals surface area contributed by atoms with E-state index in [0.29, 0.717) is 0 Å². The third-order valence-electron chi connectivity index (χ3n) is 1.99. The molecule has 0 fully saturated rings. The maximum atomic E-state index is 10.7. The molecule has 0 aliphatic heterocycles. The van der Waals surface area contributed by atoms with Crippen LogP contribution < -0.4 is 179 Å². The minimum atomic E-state index is -1.87. The fourth-order valence-corrected chi connectivity index (χ4v) is 1.22. The van der Waals surface area contributed by atoms with E-state index < -0.39 is 36.5 Å². The summed E-state index contributed by atoms with van der Waals surface area (Å²) in [6, 6.07) is -3.64. The molecule has 2 atom stereocenters. The molecule has 0 radical (unpaired) electrons. The van der Waals surface area contributed by atoms with Gasteiger partial charge in [-0.2, -0.15) is 0 Å². The first-order valence-electron chi connectivity index (χ1n) is 6.41. The topological polar surface area (TPSA) is 196 Å². The molecule has 0 amide bonds. The van der Waals surface area contributed by atoms with E-state index in [9.17, 15) is 29.7 Å². The van der Waals surface area contributed by atoms with E-state index in [1.54, 1.807) is 13.8 Å². The molecule has 0 aromatic rings. The number of carboxylic acids is 3. The first-order chi connectivity index (χ1) is 10.1. The van der Waals surface area contributed by atoms with E-state index in [1.807, 2.05) is 0 Å². The van der Waals surface area contributed by atoms with Gasteiger partial charge in [-0.05, 0) is 6.54 Å². The molecule has 0 spiro atoms. The summed E-state index contributed by atoms with van der Waals surface area (Å²) in [5.74, 6) is -5.12. The van der Waals surface area contributed by atoms with Crippen molar-refractivity contribution in [3.8, 4) is 0 Å². The number of carbonyl (C=O) groups is 3. The van der Waals surface area contributed by atoms with Crippen molar-refractivity contribution in [3.05, 3.63) is 0 Å². The standard InChI is InChI=1S/C8H14N2O6.2C2H5O.5Na/c1-2-10(3-4(11)12)6(8(15)16)5(9)7(13)14;2*1-2-3;;;;;/h5-6H,2-3,9H2,1H3,(H,11,12)(H,13,14)(H,15,16);2*2H2,1H3;;;;;/q;2*-1;5*+1/p-3. The molecular formula is C12H21N2Na5O8. The van der Waals surface area contributed by atoms with Crippen LogP contribution in [0.5, 0.6) is 0 Å². The van der Waals surface area contributed by atoms with Crippen molar-refractivity contribution >= 4 is 17.9 Å². The molecule has 0 aliphatic carbocycles. The van der Waals surface area contributed by atoms with Crippen LogP contribution in [-0.2, 0) is 14.4 Å². The number of aliphatic carboxylic acids is 3. The molecule has 0 saturated heterocycles. The fraction of sp³-hybridized carbons (Fsp3) is 0.750. The first kappa shape index (κ1) is 52.3. The van der Waals surface area contributed by atoms with Crippen LogP contribution in [-0.4, -0.2) is 61.2 Å². The molecule has 15 heteroatoms. The van der Waals surface area contributed by atoms with Gasteiger partial charge in [0.15, 0.2) is 0 Å². The summed E-state index contributed by atoms with van der Waals surface area (Å²) >= 11 is 0. The van der Waals surface area contributed by atoms with Gasteiger partial charge in [-0.15, -0.1) is 13.2 Å². The molecule has 0 saturated carbocycles. The molecule has 0 aromatic carbocycles. The normalized spacial score (nSPS) is 9.89. The molecule has 0 rings (SSSR count). The van der Waals surface area contributed by atoms with E-state index >= 15 is 0 Å². The molecule has 10 nitrogen and oxygen atoms in total. The molecule has 2 unspecified atom stereocenters. The largest absolute Gasteiger partial charge is 1.00 e. The maximum absolute atomic E-state index is 10.7. The van der Waals surface area contributed by atoms with Gasteiger partial charge in [0.1, 0.15) is 0 Å². The SMILES string of the molecule is CCN(CC(=O)[O-])C(C(=O)[O-])C(N)C(=O)[O-].CC[O-].CC[O-].[Na+].[Na+].[Na+].[Na+].[Na+]. The minimum absolute atomic E-state index is 0. The number of hydrogen-bond acceptors (Lipinski definition) is 10. The van der Waals surface area contributed by atoms with Gasteiger partial charge in [0.2, 0.25) is 0 Å². The fourth-order valence-electron chi connectivity index (χ4n) is 1.22. The number of hydrogen-bond donors (Lipinski definition) is 1. The van der Waals surface area contributed by atoms with Gasteiger partial charge in [0.05, 0.1) is 30.0 Å². The van der Waals surface area contributed by atoms with Crippen molar-refractivity contribution in [1.29, 1.82) is 0 Å². The Kier molecular flexibility index (Phi) is 70.9. The summed E-state index contributed by atoms with van der Waals surface area (Å²) in [5, 5.41) is 49.3. The van der Waals surface area contributed by atoms with Gasteiger partial charge in [-0.1, -0.05) is 20.8 Å². The van der Waals surface area contributed by atoms with Crippen LogP contribution in [0.4, 0.5) is 0 Å². The average Bonchev–Trinajstić information content (AvgIpc) is 2.38. The Labute approximate surface area is 270 Å². The van der Waals surface area contributed by atoms with Crippen molar-refractivity contribution < 1.29 is 188 Å². The molecule has 27 heavy (non-hydrogen) atoms. The second-order valence-electron chi connectivity index (χ2n) is 3.62. The predicted octanol–water partition coefficient (Wildman–Crippen LogP) is -22.0. The Morgan fingerprint density at radius 2 is 1.11 bits per heavy atom. The molecule has 2 N–H and O–H groups in total. The van der Waals surface area contributed by atoms with Gasteiger partial charge in [-0.25, -0.2) is 0 Å². The second kappa shape index (κ2) is 36.6. The van der Waals surface area contributed by atoms with E-state index in [1.165, 1.54) is 6.92 Å². The van der Waals surface area contributed by atoms with E-state index in [4.69, 9.17) is 15.9 Å². The molecule has 0 aromatic heterocycles. The van der Waals surface area contributed by atoms with E-state index in [0.717, 1.165) is 4.90 Å². The summed E-state index contributed by atoms with van der Waals surface area (Å²) in [6.07, 6.45) is 0. The monoisotopic (exact) mass is 436 g/mol. The Balaban J connectivity index is -0.0000000485. The zero-order chi connectivity index (χ0) is 18.3. The third kappa shape index (κ3) is 34.1. The van der Waals surface area contributed by atoms with Crippen molar-refractivity contribution in [1.82, 2.24) is 4.90 Å². The van der Waals surface area contributed by atoms with Gasteiger partial charge < -0.3 is 45.6 Å². The van der Waals surface area contributed by atoms with E-state index in [2.05, 4.69) is 0 Å². The number of nitrogens with two attached hydrogens (primary N) is 1. The zero-order valence-corrected chi connectivity index (χ0v) is 27.8. The Morgan fingerprint density at radius 1 is 0.815 bits per heavy atom. The quantitative estimate of drug-likeness (QED) is 0.374. The maximum Gasteiger partial charge on any atom is 1.00 e. The molecular weight excluding hydrogens is 415 g/mol. The number of carbonyl (C=O) groups excluding carboxylic acids is 3. The third-order valence-corrected chi connectivity index (χ3v) is 1.99. The number of rotatable bonds is 7. The number of nitrogens with zero attached hydrogens (tertiary/aromatic N) is 1. The predicted molar refractivity (Wildman–Crippen MR) is 65.1 cm³/mol. The minimum Gasteiger partial charge on any atom is -0.855 e. The summed E-state index contributed by atoms with van der Waals surface area (Å²) in [5.41, 5.74) is 5.08. The van der Waals surface area contributed by atoms with Crippen LogP contribution in [0.25, 0.3) is 0 Å². The zero-order valence-electron chi connectivity index (χ0n) is 17.8. The smallest absolute Gasteiger partial charge is 0.855 e. The van der Waals surface area contributed by atoms with Gasteiger partial charge in [-0.3, -0.25) is 4.90 Å². The van der Waals surface area contributed by atoms with Crippen LogP contribution >= 0.6 is 0 Å². The average molecular weight is 436 g/mol. The Bertz CT molecular complexity index is 341. The summed E-state index contributed by atoms with van der Waals surface area (Å²) in [4.78, 5) is 32.3. The van der Waals surface area contributed by atoms with Gasteiger partial charge in [0, 0.05) is 6.54 Å². The van der Waals surface area contributed by atoms with Crippen molar-refractivity contribution in [3.63, 3.8) is 0 Å². The summed E-state index contributed by atoms with van der Waals surface area (Å²) in [6.45, 7) is 3.80. The van der Waals surface area contributed by atoms with Crippen LogP contribution in [0.2, 0.25) is 0 Å². The van der Waals surface area contributed by atoms with Crippen LogP contribution in [0.1, 0.15) is 20.8 Å². The van der Waals surface area contributed by atoms with Crippen LogP contribution in [0.15, 0.2) is 0 Å². The Hall–Kier alpha value is 3.25. The van der Waals surface area contributed by atoms with Crippen molar-refractivity contribution in [2.75, 3.05) is 26.3 Å². The van der Waals surface area contributed by atoms with Gasteiger partial charge in [0.25, 0.3) is 0 Å². The van der Waals surface area contributed by atoms with Crippen LogP contribution in [0.3, 0.4) is 0 Å².